The summed E-state index contributed by atoms with van der Waals surface area (Å²) < 4.78 is 13.2. The molecule has 0 bridgehead atoms. The Balaban J connectivity index is 2.45. The van der Waals surface area contributed by atoms with Crippen molar-refractivity contribution in [1.82, 2.24) is 4.98 Å². The van der Waals surface area contributed by atoms with Crippen LogP contribution >= 0.6 is 0 Å². The Morgan fingerprint density at radius 2 is 1.60 bits per heavy atom. The fourth-order valence-corrected chi connectivity index (χ4v) is 1.39. The molecule has 2 aromatic rings. The molecular formula is C13H12FN. The standard InChI is InChI=1S/C13H12FN/c1-9-3-6-11(7-4-9)12-8-5-10(2)13(14)15-12/h3-8H,1-2H3. The molecule has 0 saturated carbocycles. The average molecular weight is 201 g/mol. The van der Waals surface area contributed by atoms with Crippen molar-refractivity contribution in [2.75, 3.05) is 0 Å². The lowest BCUT2D eigenvalue weighted by molar-refractivity contribution is 0.576. The summed E-state index contributed by atoms with van der Waals surface area (Å²) in [5.74, 6) is -0.395. The van der Waals surface area contributed by atoms with E-state index in [2.05, 4.69) is 4.98 Å². The van der Waals surface area contributed by atoms with Crippen molar-refractivity contribution in [2.45, 2.75) is 13.8 Å². The summed E-state index contributed by atoms with van der Waals surface area (Å²) in [6, 6.07) is 11.5. The molecule has 15 heavy (non-hydrogen) atoms. The van der Waals surface area contributed by atoms with Crippen molar-refractivity contribution < 1.29 is 4.39 Å². The summed E-state index contributed by atoms with van der Waals surface area (Å²) in [5, 5.41) is 0. The third kappa shape index (κ3) is 2.04. The van der Waals surface area contributed by atoms with E-state index in [1.807, 2.05) is 37.3 Å². The monoisotopic (exact) mass is 201 g/mol. The molecule has 0 aliphatic carbocycles. The molecule has 0 amide bonds. The van der Waals surface area contributed by atoms with Crippen molar-refractivity contribution in [3.63, 3.8) is 0 Å². The summed E-state index contributed by atoms with van der Waals surface area (Å²) in [5.41, 5.74) is 3.38. The fourth-order valence-electron chi connectivity index (χ4n) is 1.39. The van der Waals surface area contributed by atoms with E-state index in [0.29, 0.717) is 11.3 Å². The van der Waals surface area contributed by atoms with Gasteiger partial charge in [-0.15, -0.1) is 0 Å². The maximum Gasteiger partial charge on any atom is 0.216 e. The van der Waals surface area contributed by atoms with Crippen LogP contribution in [0.5, 0.6) is 0 Å². The Morgan fingerprint density at radius 1 is 0.933 bits per heavy atom. The summed E-state index contributed by atoms with van der Waals surface area (Å²) in [7, 11) is 0. The zero-order valence-electron chi connectivity index (χ0n) is 8.79. The number of aromatic nitrogens is 1. The zero-order chi connectivity index (χ0) is 10.8. The molecule has 0 atom stereocenters. The summed E-state index contributed by atoms with van der Waals surface area (Å²) >= 11 is 0. The van der Waals surface area contributed by atoms with Crippen LogP contribution < -0.4 is 0 Å². The minimum Gasteiger partial charge on any atom is -0.219 e. The van der Waals surface area contributed by atoms with E-state index in [4.69, 9.17) is 0 Å². The van der Waals surface area contributed by atoms with Crippen LogP contribution in [0.3, 0.4) is 0 Å². The Hall–Kier alpha value is -1.70. The molecule has 0 fully saturated rings. The maximum absolute atomic E-state index is 13.2. The van der Waals surface area contributed by atoms with Crippen LogP contribution in [0.25, 0.3) is 11.3 Å². The van der Waals surface area contributed by atoms with Crippen LogP contribution in [0.15, 0.2) is 36.4 Å². The number of pyridine rings is 1. The minimum absolute atomic E-state index is 0.395. The molecular weight excluding hydrogens is 189 g/mol. The van der Waals surface area contributed by atoms with Crippen molar-refractivity contribution in [1.29, 1.82) is 0 Å². The number of hydrogen-bond donors (Lipinski definition) is 0. The molecule has 76 valence electrons. The first-order valence-electron chi connectivity index (χ1n) is 4.87. The predicted molar refractivity (Wildman–Crippen MR) is 59.1 cm³/mol. The van der Waals surface area contributed by atoms with E-state index in [-0.39, 0.29) is 0 Å². The number of rotatable bonds is 1. The number of aryl methyl sites for hydroxylation is 2. The third-order valence-electron chi connectivity index (χ3n) is 2.38. The van der Waals surface area contributed by atoms with Gasteiger partial charge < -0.3 is 0 Å². The Morgan fingerprint density at radius 3 is 2.20 bits per heavy atom. The van der Waals surface area contributed by atoms with Crippen LogP contribution in [0.4, 0.5) is 4.39 Å². The molecule has 0 aliphatic heterocycles. The highest BCUT2D eigenvalue weighted by Gasteiger charge is 2.02. The van der Waals surface area contributed by atoms with Gasteiger partial charge in [-0.05, 0) is 19.9 Å². The first kappa shape index (κ1) is 9.84. The van der Waals surface area contributed by atoms with Gasteiger partial charge in [0.15, 0.2) is 0 Å². The van der Waals surface area contributed by atoms with Crippen LogP contribution in [0, 0.1) is 19.8 Å². The van der Waals surface area contributed by atoms with Crippen molar-refractivity contribution in [3.05, 3.63) is 53.5 Å². The Labute approximate surface area is 88.6 Å². The topological polar surface area (TPSA) is 12.9 Å². The zero-order valence-corrected chi connectivity index (χ0v) is 8.79. The quantitative estimate of drug-likeness (QED) is 0.643. The average Bonchev–Trinajstić information content (AvgIpc) is 2.23. The number of benzene rings is 1. The predicted octanol–water partition coefficient (Wildman–Crippen LogP) is 3.50. The molecule has 1 aromatic heterocycles. The molecule has 0 saturated heterocycles. The number of hydrogen-bond acceptors (Lipinski definition) is 1. The molecule has 0 spiro atoms. The molecule has 0 radical (unpaired) electrons. The Kier molecular flexibility index (Phi) is 2.50. The van der Waals surface area contributed by atoms with Crippen LogP contribution in [-0.4, -0.2) is 4.98 Å². The molecule has 2 heteroatoms. The van der Waals surface area contributed by atoms with Crippen LogP contribution in [0.2, 0.25) is 0 Å². The molecule has 1 nitrogen and oxygen atoms in total. The highest BCUT2D eigenvalue weighted by molar-refractivity contribution is 5.59. The second-order valence-electron chi connectivity index (χ2n) is 3.67. The van der Waals surface area contributed by atoms with Crippen molar-refractivity contribution in [2.24, 2.45) is 0 Å². The summed E-state index contributed by atoms with van der Waals surface area (Å²) in [6.07, 6.45) is 0. The van der Waals surface area contributed by atoms with Crippen LogP contribution in [-0.2, 0) is 0 Å². The SMILES string of the molecule is Cc1ccc(-c2ccc(C)c(F)n2)cc1. The largest absolute Gasteiger partial charge is 0.219 e. The first-order valence-corrected chi connectivity index (χ1v) is 4.87. The van der Waals surface area contributed by atoms with Gasteiger partial charge in [-0.3, -0.25) is 0 Å². The second kappa shape index (κ2) is 3.81. The third-order valence-corrected chi connectivity index (χ3v) is 2.38. The van der Waals surface area contributed by atoms with E-state index < -0.39 is 5.95 Å². The summed E-state index contributed by atoms with van der Waals surface area (Å²) in [6.45, 7) is 3.73. The normalized spacial score (nSPS) is 10.3. The Bertz CT molecular complexity index is 474. The van der Waals surface area contributed by atoms with Gasteiger partial charge in [0.1, 0.15) is 0 Å². The van der Waals surface area contributed by atoms with Gasteiger partial charge in [0.2, 0.25) is 5.95 Å². The molecule has 0 aliphatic rings. The first-order chi connectivity index (χ1) is 7.16. The molecule has 1 heterocycles. The maximum atomic E-state index is 13.2. The van der Waals surface area contributed by atoms with E-state index in [1.54, 1.807) is 13.0 Å². The molecule has 0 N–H and O–H groups in total. The highest BCUT2D eigenvalue weighted by Crippen LogP contribution is 2.18. The smallest absolute Gasteiger partial charge is 0.216 e. The van der Waals surface area contributed by atoms with Gasteiger partial charge in [-0.1, -0.05) is 35.9 Å². The highest BCUT2D eigenvalue weighted by atomic mass is 19.1. The molecule has 0 unspecified atom stereocenters. The minimum atomic E-state index is -0.395. The fraction of sp³-hybridized carbons (Fsp3) is 0.154. The van der Waals surface area contributed by atoms with Gasteiger partial charge in [0.25, 0.3) is 0 Å². The number of halogens is 1. The lowest BCUT2D eigenvalue weighted by Crippen LogP contribution is -1.91. The second-order valence-corrected chi connectivity index (χ2v) is 3.67. The van der Waals surface area contributed by atoms with Gasteiger partial charge in [0, 0.05) is 11.1 Å². The lowest BCUT2D eigenvalue weighted by atomic mass is 10.1. The van der Waals surface area contributed by atoms with Crippen LogP contribution in [0.1, 0.15) is 11.1 Å². The van der Waals surface area contributed by atoms with Crippen molar-refractivity contribution in [3.8, 4) is 11.3 Å². The summed E-state index contributed by atoms with van der Waals surface area (Å²) in [4.78, 5) is 3.91. The van der Waals surface area contributed by atoms with Gasteiger partial charge >= 0.3 is 0 Å². The molecule has 1 aromatic carbocycles. The lowest BCUT2D eigenvalue weighted by Gasteiger charge is -2.02. The molecule has 2 rings (SSSR count). The van der Waals surface area contributed by atoms with E-state index in [9.17, 15) is 4.39 Å². The van der Waals surface area contributed by atoms with Crippen molar-refractivity contribution >= 4 is 0 Å². The van der Waals surface area contributed by atoms with Gasteiger partial charge in [-0.2, -0.15) is 4.39 Å². The van der Waals surface area contributed by atoms with Gasteiger partial charge in [-0.25, -0.2) is 4.98 Å². The van der Waals surface area contributed by atoms with E-state index in [1.165, 1.54) is 5.56 Å². The van der Waals surface area contributed by atoms with Gasteiger partial charge in [0.05, 0.1) is 5.69 Å². The van der Waals surface area contributed by atoms with E-state index in [0.717, 1.165) is 5.56 Å². The van der Waals surface area contributed by atoms with E-state index >= 15 is 0 Å². The number of nitrogens with zero attached hydrogens (tertiary/aromatic N) is 1.